The van der Waals surface area contributed by atoms with Crippen LogP contribution in [0, 0.1) is 5.92 Å². The fourth-order valence-corrected chi connectivity index (χ4v) is 1.61. The lowest BCUT2D eigenvalue weighted by Gasteiger charge is -2.15. The van der Waals surface area contributed by atoms with Crippen molar-refractivity contribution >= 4 is 5.97 Å². The van der Waals surface area contributed by atoms with Gasteiger partial charge in [-0.2, -0.15) is 0 Å². The molecule has 1 unspecified atom stereocenters. The molecule has 0 radical (unpaired) electrons. The Morgan fingerprint density at radius 2 is 2.18 bits per heavy atom. The largest absolute Gasteiger partial charge is 0.493 e. The van der Waals surface area contributed by atoms with Gasteiger partial charge < -0.3 is 14.6 Å². The van der Waals surface area contributed by atoms with E-state index in [2.05, 4.69) is 0 Å². The molecule has 0 fully saturated rings. The maximum Gasteiger partial charge on any atom is 0.306 e. The Morgan fingerprint density at radius 3 is 2.71 bits per heavy atom. The monoisotopic (exact) mass is 238 g/mol. The molecule has 0 bridgehead atoms. The average Bonchev–Trinajstić information content (AvgIpc) is 2.31. The summed E-state index contributed by atoms with van der Waals surface area (Å²) < 4.78 is 10.7. The van der Waals surface area contributed by atoms with Gasteiger partial charge in [-0.05, 0) is 25.0 Å². The quantitative estimate of drug-likeness (QED) is 0.826. The Kier molecular flexibility index (Phi) is 4.82. The van der Waals surface area contributed by atoms with Gasteiger partial charge in [0.1, 0.15) is 0 Å². The number of rotatable bonds is 6. The molecule has 1 aromatic carbocycles. The second-order valence-corrected chi connectivity index (χ2v) is 3.82. The third kappa shape index (κ3) is 3.37. The van der Waals surface area contributed by atoms with Crippen molar-refractivity contribution < 1.29 is 19.4 Å². The summed E-state index contributed by atoms with van der Waals surface area (Å²) in [6.07, 6.45) is 0.432. The summed E-state index contributed by atoms with van der Waals surface area (Å²) in [7, 11) is 1.57. The van der Waals surface area contributed by atoms with E-state index in [9.17, 15) is 4.79 Å². The maximum absolute atomic E-state index is 10.9. The van der Waals surface area contributed by atoms with Gasteiger partial charge in [-0.25, -0.2) is 0 Å². The highest BCUT2D eigenvalue weighted by Crippen LogP contribution is 2.32. The first kappa shape index (κ1) is 13.4. The van der Waals surface area contributed by atoms with E-state index in [1.165, 1.54) is 0 Å². The summed E-state index contributed by atoms with van der Waals surface area (Å²) in [5.74, 6) is 0.0316. The first-order chi connectivity index (χ1) is 8.10. The van der Waals surface area contributed by atoms with Crippen molar-refractivity contribution in [3.8, 4) is 11.5 Å². The number of benzene rings is 1. The summed E-state index contributed by atoms with van der Waals surface area (Å²) in [6, 6.07) is 5.51. The van der Waals surface area contributed by atoms with E-state index in [1.807, 2.05) is 19.1 Å². The highest BCUT2D eigenvalue weighted by Gasteiger charge is 2.17. The van der Waals surface area contributed by atoms with Crippen LogP contribution in [-0.2, 0) is 11.2 Å². The number of carboxylic acid groups (broad SMARTS) is 1. The SMILES string of the molecule is CCOc1c(CC(C)C(=O)O)cccc1OC. The number of methoxy groups -OCH3 is 1. The Balaban J connectivity index is 3.00. The summed E-state index contributed by atoms with van der Waals surface area (Å²) >= 11 is 0. The van der Waals surface area contributed by atoms with E-state index in [4.69, 9.17) is 14.6 Å². The molecule has 0 saturated heterocycles. The average molecular weight is 238 g/mol. The lowest BCUT2D eigenvalue weighted by molar-refractivity contribution is -0.141. The van der Waals surface area contributed by atoms with E-state index in [0.717, 1.165) is 5.56 Å². The lowest BCUT2D eigenvalue weighted by atomic mass is 10.0. The van der Waals surface area contributed by atoms with Crippen LogP contribution in [0.3, 0.4) is 0 Å². The van der Waals surface area contributed by atoms with Crippen molar-refractivity contribution in [3.63, 3.8) is 0 Å². The fraction of sp³-hybridized carbons (Fsp3) is 0.462. The number of hydrogen-bond donors (Lipinski definition) is 1. The first-order valence-electron chi connectivity index (χ1n) is 5.61. The predicted molar refractivity (Wildman–Crippen MR) is 64.7 cm³/mol. The van der Waals surface area contributed by atoms with Crippen molar-refractivity contribution in [2.24, 2.45) is 5.92 Å². The van der Waals surface area contributed by atoms with E-state index in [0.29, 0.717) is 24.5 Å². The van der Waals surface area contributed by atoms with Crippen molar-refractivity contribution in [1.82, 2.24) is 0 Å². The van der Waals surface area contributed by atoms with Crippen molar-refractivity contribution in [3.05, 3.63) is 23.8 Å². The van der Waals surface area contributed by atoms with E-state index >= 15 is 0 Å². The predicted octanol–water partition coefficient (Wildman–Crippen LogP) is 2.36. The van der Waals surface area contributed by atoms with Gasteiger partial charge in [-0.1, -0.05) is 19.1 Å². The third-order valence-electron chi connectivity index (χ3n) is 2.52. The molecule has 0 amide bonds. The van der Waals surface area contributed by atoms with Crippen molar-refractivity contribution in [2.45, 2.75) is 20.3 Å². The minimum Gasteiger partial charge on any atom is -0.493 e. The molecule has 0 aliphatic heterocycles. The number of carboxylic acids is 1. The highest BCUT2D eigenvalue weighted by molar-refractivity contribution is 5.70. The maximum atomic E-state index is 10.9. The molecule has 1 rings (SSSR count). The van der Waals surface area contributed by atoms with Crippen LogP contribution in [0.2, 0.25) is 0 Å². The lowest BCUT2D eigenvalue weighted by Crippen LogP contribution is -2.13. The molecule has 1 N–H and O–H groups in total. The second kappa shape index (κ2) is 6.13. The Labute approximate surface area is 101 Å². The molecule has 4 nitrogen and oxygen atoms in total. The Hall–Kier alpha value is -1.71. The zero-order valence-electron chi connectivity index (χ0n) is 10.4. The number of aliphatic carboxylic acids is 1. The van der Waals surface area contributed by atoms with Gasteiger partial charge in [-0.3, -0.25) is 4.79 Å². The molecule has 0 aromatic heterocycles. The molecule has 0 aliphatic rings. The molecule has 0 heterocycles. The molecule has 94 valence electrons. The van der Waals surface area contributed by atoms with Gasteiger partial charge in [-0.15, -0.1) is 0 Å². The molecule has 4 heteroatoms. The molecule has 17 heavy (non-hydrogen) atoms. The van der Waals surface area contributed by atoms with E-state index < -0.39 is 11.9 Å². The smallest absolute Gasteiger partial charge is 0.306 e. The van der Waals surface area contributed by atoms with Crippen molar-refractivity contribution in [2.75, 3.05) is 13.7 Å². The number of para-hydroxylation sites is 1. The van der Waals surface area contributed by atoms with Crippen LogP contribution in [-0.4, -0.2) is 24.8 Å². The van der Waals surface area contributed by atoms with Gasteiger partial charge in [0.15, 0.2) is 11.5 Å². The van der Waals surface area contributed by atoms with Crippen LogP contribution in [0.25, 0.3) is 0 Å². The summed E-state index contributed by atoms with van der Waals surface area (Å²) in [5, 5.41) is 8.92. The fourth-order valence-electron chi connectivity index (χ4n) is 1.61. The third-order valence-corrected chi connectivity index (χ3v) is 2.52. The van der Waals surface area contributed by atoms with Crippen molar-refractivity contribution in [1.29, 1.82) is 0 Å². The van der Waals surface area contributed by atoms with Crippen LogP contribution in [0.1, 0.15) is 19.4 Å². The standard InChI is InChI=1S/C13H18O4/c1-4-17-12-10(8-9(2)13(14)15)6-5-7-11(12)16-3/h5-7,9H,4,8H2,1-3H3,(H,14,15). The summed E-state index contributed by atoms with van der Waals surface area (Å²) in [6.45, 7) is 4.09. The first-order valence-corrected chi connectivity index (χ1v) is 5.61. The molecular formula is C13H18O4. The molecule has 0 saturated carbocycles. The minimum absolute atomic E-state index is 0.432. The van der Waals surface area contributed by atoms with E-state index in [1.54, 1.807) is 20.1 Å². The van der Waals surface area contributed by atoms with Gasteiger partial charge in [0.05, 0.1) is 19.6 Å². The zero-order chi connectivity index (χ0) is 12.8. The van der Waals surface area contributed by atoms with Gasteiger partial charge in [0.2, 0.25) is 0 Å². The molecule has 1 aromatic rings. The van der Waals surface area contributed by atoms with Gasteiger partial charge in [0, 0.05) is 0 Å². The molecular weight excluding hydrogens is 220 g/mol. The van der Waals surface area contributed by atoms with Crippen LogP contribution < -0.4 is 9.47 Å². The normalized spacial score (nSPS) is 11.9. The topological polar surface area (TPSA) is 55.8 Å². The van der Waals surface area contributed by atoms with Gasteiger partial charge >= 0.3 is 5.97 Å². The summed E-state index contributed by atoms with van der Waals surface area (Å²) in [5.41, 5.74) is 0.862. The Bertz CT molecular complexity index is 387. The molecule has 0 spiro atoms. The summed E-state index contributed by atoms with van der Waals surface area (Å²) in [4.78, 5) is 10.9. The Morgan fingerprint density at radius 1 is 1.47 bits per heavy atom. The van der Waals surface area contributed by atoms with Crippen LogP contribution in [0.15, 0.2) is 18.2 Å². The van der Waals surface area contributed by atoms with Crippen LogP contribution in [0.5, 0.6) is 11.5 Å². The number of hydrogen-bond acceptors (Lipinski definition) is 3. The second-order valence-electron chi connectivity index (χ2n) is 3.82. The highest BCUT2D eigenvalue weighted by atomic mass is 16.5. The van der Waals surface area contributed by atoms with E-state index in [-0.39, 0.29) is 0 Å². The number of ether oxygens (including phenoxy) is 2. The van der Waals surface area contributed by atoms with Gasteiger partial charge in [0.25, 0.3) is 0 Å². The zero-order valence-corrected chi connectivity index (χ0v) is 10.4. The van der Waals surface area contributed by atoms with Crippen LogP contribution in [0.4, 0.5) is 0 Å². The molecule has 1 atom stereocenters. The van der Waals surface area contributed by atoms with Crippen LogP contribution >= 0.6 is 0 Å². The minimum atomic E-state index is -0.810. The number of carbonyl (C=O) groups is 1. The molecule has 0 aliphatic carbocycles.